The Labute approximate surface area is 158 Å². The summed E-state index contributed by atoms with van der Waals surface area (Å²) in [5.74, 6) is 1.05. The van der Waals surface area contributed by atoms with E-state index in [9.17, 15) is 0 Å². The molecule has 2 heteroatoms. The van der Waals surface area contributed by atoms with Crippen molar-refractivity contribution in [1.82, 2.24) is 0 Å². The fourth-order valence-corrected chi connectivity index (χ4v) is 5.38. The highest BCUT2D eigenvalue weighted by atomic mass is 35.5. The molecule has 0 bridgehead atoms. The molecule has 25 heavy (non-hydrogen) atoms. The molecule has 0 saturated carbocycles. The quantitative estimate of drug-likeness (QED) is 0.472. The number of rotatable bonds is 2. The molecule has 0 aromatic heterocycles. The van der Waals surface area contributed by atoms with E-state index in [-0.39, 0.29) is 5.41 Å². The fourth-order valence-electron chi connectivity index (χ4n) is 4.88. The van der Waals surface area contributed by atoms with Crippen LogP contribution in [0.1, 0.15) is 33.4 Å². The van der Waals surface area contributed by atoms with Gasteiger partial charge in [0, 0.05) is 17.2 Å². The highest BCUT2D eigenvalue weighted by molar-refractivity contribution is 6.18. The van der Waals surface area contributed by atoms with Gasteiger partial charge in [-0.25, -0.2) is 0 Å². The Morgan fingerprint density at radius 1 is 0.680 bits per heavy atom. The number of halogens is 2. The fraction of sp³-hybridized carbons (Fsp3) is 0.217. The third-order valence-electron chi connectivity index (χ3n) is 5.97. The number of fused-ring (bicyclic) bond motifs is 6. The number of benzene rings is 3. The molecular formula is C23H18Cl2. The summed E-state index contributed by atoms with van der Waals surface area (Å²) in [6, 6.07) is 22.4. The zero-order valence-electron chi connectivity index (χ0n) is 13.9. The summed E-state index contributed by atoms with van der Waals surface area (Å²) in [6.07, 6.45) is 2.09. The lowest BCUT2D eigenvalue weighted by Gasteiger charge is -2.26. The van der Waals surface area contributed by atoms with E-state index in [1.54, 1.807) is 0 Å². The Morgan fingerprint density at radius 3 is 1.56 bits per heavy atom. The number of hydrogen-bond donors (Lipinski definition) is 0. The normalized spacial score (nSPS) is 15.9. The number of alkyl halides is 2. The van der Waals surface area contributed by atoms with Crippen molar-refractivity contribution in [2.75, 3.05) is 0 Å². The van der Waals surface area contributed by atoms with Crippen molar-refractivity contribution in [2.24, 2.45) is 0 Å². The van der Waals surface area contributed by atoms with E-state index >= 15 is 0 Å². The van der Waals surface area contributed by atoms with E-state index in [1.165, 1.54) is 44.5 Å². The van der Waals surface area contributed by atoms with Crippen LogP contribution in [0.15, 0.2) is 60.7 Å². The summed E-state index contributed by atoms with van der Waals surface area (Å²) in [4.78, 5) is 0. The van der Waals surface area contributed by atoms with Crippen molar-refractivity contribution < 1.29 is 0 Å². The van der Waals surface area contributed by atoms with Crippen molar-refractivity contribution in [1.29, 1.82) is 0 Å². The van der Waals surface area contributed by atoms with Crippen LogP contribution in [0.5, 0.6) is 0 Å². The summed E-state index contributed by atoms with van der Waals surface area (Å²) < 4.78 is 0. The van der Waals surface area contributed by atoms with Gasteiger partial charge < -0.3 is 0 Å². The van der Waals surface area contributed by atoms with E-state index in [1.807, 2.05) is 0 Å². The van der Waals surface area contributed by atoms with Crippen LogP contribution in [-0.2, 0) is 30.0 Å². The Hall–Kier alpha value is -1.76. The van der Waals surface area contributed by atoms with Gasteiger partial charge in [0.25, 0.3) is 0 Å². The molecule has 3 aromatic carbocycles. The maximum atomic E-state index is 6.17. The molecule has 0 unspecified atom stereocenters. The molecule has 1 spiro atoms. The minimum atomic E-state index is 0.0596. The van der Waals surface area contributed by atoms with Gasteiger partial charge >= 0.3 is 0 Å². The minimum absolute atomic E-state index is 0.0596. The van der Waals surface area contributed by atoms with Gasteiger partial charge in [-0.15, -0.1) is 23.2 Å². The largest absolute Gasteiger partial charge is 0.122 e. The standard InChI is InChI=1S/C23H18Cl2/c24-13-17-9-15-11-23(12-16(15)10-18(17)14-25)21-7-3-1-5-19(21)20-6-2-4-8-22(20)23/h1-10H,11-14H2. The van der Waals surface area contributed by atoms with Gasteiger partial charge in [0.2, 0.25) is 0 Å². The molecular weight excluding hydrogens is 347 g/mol. The SMILES string of the molecule is ClCc1cc2c(cc1CCl)CC1(C2)c2ccccc2-c2ccccc21. The Morgan fingerprint density at radius 2 is 1.12 bits per heavy atom. The van der Waals surface area contributed by atoms with Gasteiger partial charge in [0.05, 0.1) is 0 Å². The molecule has 0 amide bonds. The lowest BCUT2D eigenvalue weighted by atomic mass is 9.76. The van der Waals surface area contributed by atoms with Crippen LogP contribution in [0.25, 0.3) is 11.1 Å². The van der Waals surface area contributed by atoms with Crippen molar-refractivity contribution in [2.45, 2.75) is 30.0 Å². The first-order chi connectivity index (χ1) is 12.3. The van der Waals surface area contributed by atoms with Gasteiger partial charge in [-0.05, 0) is 57.3 Å². The van der Waals surface area contributed by atoms with Gasteiger partial charge in [0.1, 0.15) is 0 Å². The van der Waals surface area contributed by atoms with Crippen molar-refractivity contribution in [3.05, 3.63) is 94.0 Å². The second-order valence-electron chi connectivity index (χ2n) is 7.18. The molecule has 0 nitrogen and oxygen atoms in total. The topological polar surface area (TPSA) is 0 Å². The summed E-state index contributed by atoms with van der Waals surface area (Å²) in [6.45, 7) is 0. The Balaban J connectivity index is 1.73. The third kappa shape index (κ3) is 2.08. The lowest BCUT2D eigenvalue weighted by molar-refractivity contribution is 0.563. The Bertz CT molecular complexity index is 907. The molecule has 0 heterocycles. The molecule has 2 aliphatic rings. The summed E-state index contributed by atoms with van der Waals surface area (Å²) in [7, 11) is 0. The molecule has 0 saturated heterocycles. The van der Waals surface area contributed by atoms with Crippen molar-refractivity contribution in [3.63, 3.8) is 0 Å². The second kappa shape index (κ2) is 5.62. The maximum Gasteiger partial charge on any atom is 0.0477 e. The van der Waals surface area contributed by atoms with E-state index in [4.69, 9.17) is 23.2 Å². The highest BCUT2D eigenvalue weighted by Crippen LogP contribution is 2.55. The van der Waals surface area contributed by atoms with Crippen LogP contribution in [0.4, 0.5) is 0 Å². The van der Waals surface area contributed by atoms with Gasteiger partial charge in [0.15, 0.2) is 0 Å². The molecule has 0 radical (unpaired) electrons. The van der Waals surface area contributed by atoms with E-state index in [0.29, 0.717) is 11.8 Å². The zero-order valence-corrected chi connectivity index (χ0v) is 15.4. The lowest BCUT2D eigenvalue weighted by Crippen LogP contribution is -2.25. The van der Waals surface area contributed by atoms with Crippen LogP contribution < -0.4 is 0 Å². The monoisotopic (exact) mass is 364 g/mol. The predicted molar refractivity (Wildman–Crippen MR) is 106 cm³/mol. The predicted octanol–water partition coefficient (Wildman–Crippen LogP) is 6.23. The number of hydrogen-bond acceptors (Lipinski definition) is 0. The average molecular weight is 365 g/mol. The first kappa shape index (κ1) is 15.5. The van der Waals surface area contributed by atoms with E-state index in [2.05, 4.69) is 60.7 Å². The van der Waals surface area contributed by atoms with Crippen LogP contribution in [0.2, 0.25) is 0 Å². The third-order valence-corrected chi connectivity index (χ3v) is 6.55. The smallest absolute Gasteiger partial charge is 0.0477 e. The van der Waals surface area contributed by atoms with Gasteiger partial charge in [-0.2, -0.15) is 0 Å². The van der Waals surface area contributed by atoms with Crippen LogP contribution in [0, 0.1) is 0 Å². The van der Waals surface area contributed by atoms with E-state index in [0.717, 1.165) is 12.8 Å². The summed E-state index contributed by atoms with van der Waals surface area (Å²) in [5, 5.41) is 0. The molecule has 124 valence electrons. The molecule has 5 rings (SSSR count). The molecule has 0 atom stereocenters. The summed E-state index contributed by atoms with van der Waals surface area (Å²) >= 11 is 12.3. The van der Waals surface area contributed by atoms with Crippen molar-refractivity contribution >= 4 is 23.2 Å². The highest BCUT2D eigenvalue weighted by Gasteiger charge is 2.46. The van der Waals surface area contributed by atoms with Crippen LogP contribution in [-0.4, -0.2) is 0 Å². The summed E-state index contributed by atoms with van der Waals surface area (Å²) in [5.41, 5.74) is 11.0. The minimum Gasteiger partial charge on any atom is -0.122 e. The Kier molecular flexibility index (Phi) is 3.48. The first-order valence-corrected chi connectivity index (χ1v) is 9.78. The molecule has 3 aromatic rings. The maximum absolute atomic E-state index is 6.17. The zero-order chi connectivity index (χ0) is 17.0. The van der Waals surface area contributed by atoms with Crippen LogP contribution in [0.3, 0.4) is 0 Å². The molecule has 0 fully saturated rings. The van der Waals surface area contributed by atoms with E-state index < -0.39 is 0 Å². The van der Waals surface area contributed by atoms with Crippen LogP contribution >= 0.6 is 23.2 Å². The molecule has 0 aliphatic heterocycles. The second-order valence-corrected chi connectivity index (χ2v) is 7.72. The molecule has 2 aliphatic carbocycles. The average Bonchev–Trinajstić information content (AvgIpc) is 3.17. The first-order valence-electron chi connectivity index (χ1n) is 8.72. The van der Waals surface area contributed by atoms with Gasteiger partial charge in [-0.1, -0.05) is 60.7 Å². The van der Waals surface area contributed by atoms with Gasteiger partial charge in [-0.3, -0.25) is 0 Å². The molecule has 0 N–H and O–H groups in total. The van der Waals surface area contributed by atoms with Crippen molar-refractivity contribution in [3.8, 4) is 11.1 Å².